The first-order valence-electron chi connectivity index (χ1n) is 8.06. The molecule has 0 radical (unpaired) electrons. The number of methoxy groups -OCH3 is 2. The molecule has 0 bridgehead atoms. The average molecular weight is 339 g/mol. The van der Waals surface area contributed by atoms with Crippen molar-refractivity contribution in [1.29, 1.82) is 0 Å². The fourth-order valence-electron chi connectivity index (χ4n) is 2.74. The minimum atomic E-state index is -0.0523. The van der Waals surface area contributed by atoms with Gasteiger partial charge in [0.05, 0.1) is 25.6 Å². The van der Waals surface area contributed by atoms with Crippen molar-refractivity contribution in [3.05, 3.63) is 54.0 Å². The number of amides is 1. The molecule has 0 aliphatic heterocycles. The lowest BCUT2D eigenvalue weighted by molar-refractivity contribution is -0.116. The summed E-state index contributed by atoms with van der Waals surface area (Å²) in [5.74, 6) is 1.29. The Morgan fingerprint density at radius 1 is 1.20 bits per heavy atom. The van der Waals surface area contributed by atoms with Crippen LogP contribution in [0.4, 0.5) is 5.69 Å². The maximum Gasteiger partial charge on any atom is 0.224 e. The highest BCUT2D eigenvalue weighted by Crippen LogP contribution is 2.28. The molecule has 1 amide bonds. The Bertz CT molecular complexity index is 902. The molecule has 0 fully saturated rings. The highest BCUT2D eigenvalue weighted by Gasteiger charge is 2.10. The number of carbonyl (C=O) groups excluding carboxylic acids is 1. The van der Waals surface area contributed by atoms with E-state index in [1.165, 1.54) is 0 Å². The number of hydrogen-bond donors (Lipinski definition) is 1. The van der Waals surface area contributed by atoms with E-state index in [-0.39, 0.29) is 5.91 Å². The first-order valence-corrected chi connectivity index (χ1v) is 8.06. The topological polar surface area (TPSA) is 64.9 Å². The number of anilines is 1. The monoisotopic (exact) mass is 339 g/mol. The van der Waals surface area contributed by atoms with Crippen LogP contribution in [0.25, 0.3) is 5.65 Å². The molecule has 3 rings (SSSR count). The predicted octanol–water partition coefficient (Wildman–Crippen LogP) is 3.23. The molecule has 0 spiro atoms. The summed E-state index contributed by atoms with van der Waals surface area (Å²) in [5.41, 5.74) is 3.39. The number of carbonyl (C=O) groups is 1. The Balaban J connectivity index is 1.66. The van der Waals surface area contributed by atoms with Gasteiger partial charge in [-0.2, -0.15) is 0 Å². The molecule has 3 aromatic rings. The van der Waals surface area contributed by atoms with Gasteiger partial charge in [0.1, 0.15) is 0 Å². The van der Waals surface area contributed by atoms with E-state index < -0.39 is 0 Å². The van der Waals surface area contributed by atoms with Gasteiger partial charge in [0, 0.05) is 18.8 Å². The molecule has 0 unspecified atom stereocenters. The van der Waals surface area contributed by atoms with E-state index in [0.29, 0.717) is 30.0 Å². The summed E-state index contributed by atoms with van der Waals surface area (Å²) in [4.78, 5) is 16.8. The van der Waals surface area contributed by atoms with Crippen molar-refractivity contribution in [2.75, 3.05) is 19.5 Å². The van der Waals surface area contributed by atoms with Crippen molar-refractivity contribution in [2.24, 2.45) is 0 Å². The Labute approximate surface area is 146 Å². The fraction of sp³-hybridized carbons (Fsp3) is 0.263. The summed E-state index contributed by atoms with van der Waals surface area (Å²) in [6.07, 6.45) is 4.82. The molecule has 0 aliphatic rings. The van der Waals surface area contributed by atoms with Gasteiger partial charge in [-0.25, -0.2) is 4.98 Å². The van der Waals surface area contributed by atoms with Gasteiger partial charge in [0.2, 0.25) is 5.91 Å². The molecule has 1 N–H and O–H groups in total. The van der Waals surface area contributed by atoms with Crippen LogP contribution in [0.3, 0.4) is 0 Å². The van der Waals surface area contributed by atoms with Gasteiger partial charge in [0.25, 0.3) is 0 Å². The number of benzene rings is 1. The zero-order valence-corrected chi connectivity index (χ0v) is 14.6. The second-order valence-corrected chi connectivity index (χ2v) is 5.77. The minimum absolute atomic E-state index is 0.0523. The number of pyridine rings is 1. The van der Waals surface area contributed by atoms with E-state index in [1.54, 1.807) is 14.2 Å². The minimum Gasteiger partial charge on any atom is -0.493 e. The quantitative estimate of drug-likeness (QED) is 0.749. The van der Waals surface area contributed by atoms with Crippen molar-refractivity contribution in [1.82, 2.24) is 9.38 Å². The van der Waals surface area contributed by atoms with Crippen molar-refractivity contribution >= 4 is 17.2 Å². The first kappa shape index (κ1) is 16.8. The van der Waals surface area contributed by atoms with E-state index in [9.17, 15) is 4.79 Å². The average Bonchev–Trinajstić information content (AvgIpc) is 3.01. The fourth-order valence-corrected chi connectivity index (χ4v) is 2.74. The van der Waals surface area contributed by atoms with Crippen LogP contribution in [-0.2, 0) is 11.2 Å². The van der Waals surface area contributed by atoms with Crippen LogP contribution in [-0.4, -0.2) is 29.5 Å². The molecule has 2 aromatic heterocycles. The third-order valence-electron chi connectivity index (χ3n) is 3.97. The second-order valence-electron chi connectivity index (χ2n) is 5.77. The molecule has 0 atom stereocenters. The van der Waals surface area contributed by atoms with E-state index in [1.807, 2.05) is 54.0 Å². The van der Waals surface area contributed by atoms with Crippen LogP contribution in [0.1, 0.15) is 17.7 Å². The van der Waals surface area contributed by atoms with Crippen LogP contribution in [0, 0.1) is 6.92 Å². The van der Waals surface area contributed by atoms with Gasteiger partial charge < -0.3 is 19.2 Å². The molecule has 0 saturated heterocycles. The van der Waals surface area contributed by atoms with Crippen molar-refractivity contribution in [3.8, 4) is 11.5 Å². The maximum atomic E-state index is 12.3. The zero-order chi connectivity index (χ0) is 17.8. The van der Waals surface area contributed by atoms with E-state index in [4.69, 9.17) is 9.47 Å². The Morgan fingerprint density at radius 3 is 2.76 bits per heavy atom. The van der Waals surface area contributed by atoms with Gasteiger partial charge in [-0.15, -0.1) is 0 Å². The lowest BCUT2D eigenvalue weighted by Gasteiger charge is -2.10. The molecule has 0 aliphatic carbocycles. The standard InChI is InChI=1S/C19H21N3O3/c1-13-12-22-10-4-5-15(19(22)20-13)21-18(23)9-7-14-6-8-16(24-2)17(11-14)25-3/h4-6,8,10-12H,7,9H2,1-3H3,(H,21,23). The highest BCUT2D eigenvalue weighted by atomic mass is 16.5. The Kier molecular flexibility index (Phi) is 4.88. The highest BCUT2D eigenvalue weighted by molar-refractivity contribution is 5.94. The lowest BCUT2D eigenvalue weighted by atomic mass is 10.1. The molecule has 6 heteroatoms. The number of fused-ring (bicyclic) bond motifs is 1. The molecule has 25 heavy (non-hydrogen) atoms. The number of rotatable bonds is 6. The van der Waals surface area contributed by atoms with Gasteiger partial charge in [-0.1, -0.05) is 6.07 Å². The van der Waals surface area contributed by atoms with Gasteiger partial charge in [-0.3, -0.25) is 4.79 Å². The molecular formula is C19H21N3O3. The number of aryl methyl sites for hydroxylation is 2. The molecule has 130 valence electrons. The Hall–Kier alpha value is -3.02. The van der Waals surface area contributed by atoms with Gasteiger partial charge >= 0.3 is 0 Å². The predicted molar refractivity (Wildman–Crippen MR) is 96.4 cm³/mol. The number of nitrogens with one attached hydrogen (secondary N) is 1. The maximum absolute atomic E-state index is 12.3. The van der Waals surface area contributed by atoms with Crippen molar-refractivity contribution in [3.63, 3.8) is 0 Å². The lowest BCUT2D eigenvalue weighted by Crippen LogP contribution is -2.13. The Morgan fingerprint density at radius 2 is 2.00 bits per heavy atom. The largest absolute Gasteiger partial charge is 0.493 e. The number of ether oxygens (including phenoxy) is 2. The summed E-state index contributed by atoms with van der Waals surface area (Å²) in [6.45, 7) is 1.93. The third kappa shape index (κ3) is 3.74. The van der Waals surface area contributed by atoms with Crippen LogP contribution in [0.5, 0.6) is 11.5 Å². The summed E-state index contributed by atoms with van der Waals surface area (Å²) < 4.78 is 12.4. The summed E-state index contributed by atoms with van der Waals surface area (Å²) in [6, 6.07) is 9.42. The summed E-state index contributed by atoms with van der Waals surface area (Å²) in [5, 5.41) is 2.94. The van der Waals surface area contributed by atoms with E-state index in [2.05, 4.69) is 10.3 Å². The van der Waals surface area contributed by atoms with Crippen molar-refractivity contribution < 1.29 is 14.3 Å². The number of aromatic nitrogens is 2. The van der Waals surface area contributed by atoms with Crippen LogP contribution in [0.15, 0.2) is 42.7 Å². The molecule has 6 nitrogen and oxygen atoms in total. The van der Waals surface area contributed by atoms with E-state index >= 15 is 0 Å². The molecule has 1 aromatic carbocycles. The number of imidazole rings is 1. The SMILES string of the molecule is COc1ccc(CCC(=O)Nc2cccn3cc(C)nc23)cc1OC. The second kappa shape index (κ2) is 7.25. The summed E-state index contributed by atoms with van der Waals surface area (Å²) >= 11 is 0. The smallest absolute Gasteiger partial charge is 0.224 e. The van der Waals surface area contributed by atoms with Gasteiger partial charge in [-0.05, 0) is 43.2 Å². The zero-order valence-electron chi connectivity index (χ0n) is 14.6. The third-order valence-corrected chi connectivity index (χ3v) is 3.97. The van der Waals surface area contributed by atoms with Crippen LogP contribution >= 0.6 is 0 Å². The van der Waals surface area contributed by atoms with Crippen LogP contribution in [0.2, 0.25) is 0 Å². The molecule has 2 heterocycles. The van der Waals surface area contributed by atoms with Crippen molar-refractivity contribution in [2.45, 2.75) is 19.8 Å². The van der Waals surface area contributed by atoms with E-state index in [0.717, 1.165) is 16.9 Å². The summed E-state index contributed by atoms with van der Waals surface area (Å²) in [7, 11) is 3.20. The molecule has 0 saturated carbocycles. The van der Waals surface area contributed by atoms with Gasteiger partial charge in [0.15, 0.2) is 17.1 Å². The number of hydrogen-bond acceptors (Lipinski definition) is 4. The van der Waals surface area contributed by atoms with Crippen LogP contribution < -0.4 is 14.8 Å². The normalized spacial score (nSPS) is 10.7. The first-order chi connectivity index (χ1) is 12.1. The number of nitrogens with zero attached hydrogens (tertiary/aromatic N) is 2. The molecular weight excluding hydrogens is 318 g/mol.